The molecule has 0 spiro atoms. The average Bonchev–Trinajstić information content (AvgIpc) is 2.71. The molecule has 0 saturated carbocycles. The zero-order valence-corrected chi connectivity index (χ0v) is 19.0. The molecule has 1 N–H and O–H groups in total. The maximum Gasteiger partial charge on any atom is 0.413 e. The molecule has 9 nitrogen and oxygen atoms in total. The molecular formula is C21H21BrN4O5. The van der Waals surface area contributed by atoms with Crippen molar-refractivity contribution in [1.82, 2.24) is 5.32 Å². The number of aryl methyl sites for hydroxylation is 2. The largest absolute Gasteiger partial charge is 0.496 e. The van der Waals surface area contributed by atoms with E-state index in [0.717, 1.165) is 15.6 Å². The van der Waals surface area contributed by atoms with Gasteiger partial charge in [0.2, 0.25) is 6.04 Å². The number of alkyl carbamates (subject to hydrolysis) is 1. The number of nitrogens with one attached hydrogen (secondary N) is 1. The smallest absolute Gasteiger partial charge is 0.413 e. The van der Waals surface area contributed by atoms with E-state index in [1.165, 1.54) is 0 Å². The summed E-state index contributed by atoms with van der Waals surface area (Å²) in [6, 6.07) is 8.99. The zero-order valence-electron chi connectivity index (χ0n) is 17.4. The van der Waals surface area contributed by atoms with Crippen molar-refractivity contribution in [3.8, 4) is 23.3 Å². The van der Waals surface area contributed by atoms with Crippen LogP contribution >= 0.6 is 15.9 Å². The second-order valence-corrected chi connectivity index (χ2v) is 7.12. The van der Waals surface area contributed by atoms with Crippen LogP contribution in [0.4, 0.5) is 10.5 Å². The number of halogens is 1. The number of nitriles is 1. The van der Waals surface area contributed by atoms with Crippen LogP contribution in [0.3, 0.4) is 0 Å². The molecular weight excluding hydrogens is 468 g/mol. The van der Waals surface area contributed by atoms with Crippen LogP contribution in [-0.2, 0) is 9.53 Å². The third-order valence-corrected chi connectivity index (χ3v) is 4.57. The van der Waals surface area contributed by atoms with Crippen molar-refractivity contribution in [3.05, 3.63) is 45.9 Å². The summed E-state index contributed by atoms with van der Waals surface area (Å²) in [5, 5.41) is 18.8. The van der Waals surface area contributed by atoms with E-state index in [0.29, 0.717) is 22.9 Å². The van der Waals surface area contributed by atoms with Gasteiger partial charge in [-0.15, -0.1) is 0 Å². The molecule has 0 saturated heterocycles. The molecule has 0 aliphatic rings. The summed E-state index contributed by atoms with van der Waals surface area (Å²) in [5.41, 5.74) is 2.00. The van der Waals surface area contributed by atoms with Crippen molar-refractivity contribution in [2.75, 3.05) is 13.7 Å². The van der Waals surface area contributed by atoms with Gasteiger partial charge in [-0.25, -0.2) is 4.79 Å². The third-order valence-electron chi connectivity index (χ3n) is 3.95. The molecule has 10 heteroatoms. The highest BCUT2D eigenvalue weighted by Crippen LogP contribution is 2.35. The van der Waals surface area contributed by atoms with Gasteiger partial charge in [-0.05, 0) is 78.2 Å². The van der Waals surface area contributed by atoms with Crippen LogP contribution in [0.2, 0.25) is 0 Å². The fraction of sp³-hybridized carbons (Fsp3) is 0.286. The lowest BCUT2D eigenvalue weighted by molar-refractivity contribution is -0.120. The number of methoxy groups -OCH3 is 1. The van der Waals surface area contributed by atoms with E-state index in [1.54, 1.807) is 50.4 Å². The topological polar surface area (TPSA) is 122 Å². The van der Waals surface area contributed by atoms with Gasteiger partial charge in [0.1, 0.15) is 23.3 Å². The van der Waals surface area contributed by atoms with Crippen LogP contribution in [0.25, 0.3) is 0 Å². The maximum absolute atomic E-state index is 11.9. The van der Waals surface area contributed by atoms with E-state index in [4.69, 9.17) is 14.7 Å². The molecule has 2 aromatic carbocycles. The predicted molar refractivity (Wildman–Crippen MR) is 116 cm³/mol. The monoisotopic (exact) mass is 488 g/mol. The number of ether oxygens (including phenoxy) is 3. The van der Waals surface area contributed by atoms with Crippen LogP contribution in [-0.4, -0.2) is 31.8 Å². The lowest BCUT2D eigenvalue weighted by Crippen LogP contribution is -2.37. The number of carbonyl (C=O) groups excluding carboxylic acids is 2. The number of imide groups is 1. The molecule has 162 valence electrons. The van der Waals surface area contributed by atoms with Crippen LogP contribution in [0.5, 0.6) is 17.2 Å². The summed E-state index contributed by atoms with van der Waals surface area (Å²) in [6.07, 6.45) is -0.943. The first-order valence-electron chi connectivity index (χ1n) is 9.19. The Kier molecular flexibility index (Phi) is 8.52. The fourth-order valence-electron chi connectivity index (χ4n) is 2.57. The normalized spacial score (nSPS) is 11.5. The van der Waals surface area contributed by atoms with Crippen molar-refractivity contribution in [2.45, 2.75) is 26.8 Å². The van der Waals surface area contributed by atoms with E-state index in [-0.39, 0.29) is 6.61 Å². The molecule has 0 radical (unpaired) electrons. The highest BCUT2D eigenvalue weighted by molar-refractivity contribution is 9.10. The average molecular weight is 489 g/mol. The van der Waals surface area contributed by atoms with Gasteiger partial charge < -0.3 is 14.2 Å². The van der Waals surface area contributed by atoms with Crippen LogP contribution in [0, 0.1) is 25.2 Å². The maximum atomic E-state index is 11.9. The molecule has 31 heavy (non-hydrogen) atoms. The third kappa shape index (κ3) is 6.52. The zero-order chi connectivity index (χ0) is 23.0. The molecule has 2 rings (SSSR count). The van der Waals surface area contributed by atoms with E-state index >= 15 is 0 Å². The molecule has 0 fully saturated rings. The Bertz CT molecular complexity index is 1030. The van der Waals surface area contributed by atoms with Crippen LogP contribution in [0.15, 0.2) is 45.0 Å². The molecule has 1 atom stereocenters. The van der Waals surface area contributed by atoms with Crippen molar-refractivity contribution in [2.24, 2.45) is 10.2 Å². The van der Waals surface area contributed by atoms with Crippen molar-refractivity contribution in [1.29, 1.82) is 5.26 Å². The molecule has 0 aromatic heterocycles. The van der Waals surface area contributed by atoms with Gasteiger partial charge >= 0.3 is 6.09 Å². The Morgan fingerprint density at radius 1 is 1.23 bits per heavy atom. The van der Waals surface area contributed by atoms with Crippen molar-refractivity contribution in [3.63, 3.8) is 0 Å². The standard InChI is InChI=1S/C21H21BrN4O5/c1-5-30-21(28)24-20(27)17(11-23)26-25-14-8-12(2)19(13(3)9-14)31-15-6-7-18(29-4)16(22)10-15/h6-10,17H,5H2,1-4H3,(H,24,27,28). The van der Waals surface area contributed by atoms with Crippen molar-refractivity contribution >= 4 is 33.6 Å². The number of nitrogens with zero attached hydrogens (tertiary/aromatic N) is 3. The number of benzene rings is 2. The Hall–Kier alpha value is -3.45. The number of azo groups is 1. The first kappa shape index (κ1) is 23.8. The molecule has 2 aromatic rings. The number of hydrogen-bond acceptors (Lipinski definition) is 8. The van der Waals surface area contributed by atoms with E-state index < -0.39 is 18.0 Å². The molecule has 0 aliphatic heterocycles. The Morgan fingerprint density at radius 3 is 2.45 bits per heavy atom. The number of hydrogen-bond donors (Lipinski definition) is 1. The second kappa shape index (κ2) is 11.1. The number of amides is 2. The molecule has 0 bridgehead atoms. The SMILES string of the molecule is CCOC(=O)NC(=O)C(C#N)N=Nc1cc(C)c(Oc2ccc(OC)c(Br)c2)c(C)c1. The lowest BCUT2D eigenvalue weighted by Gasteiger charge is -2.13. The summed E-state index contributed by atoms with van der Waals surface area (Å²) >= 11 is 3.42. The van der Waals surface area contributed by atoms with Gasteiger partial charge in [0.15, 0.2) is 0 Å². The highest BCUT2D eigenvalue weighted by Gasteiger charge is 2.20. The van der Waals surface area contributed by atoms with E-state index in [9.17, 15) is 9.59 Å². The van der Waals surface area contributed by atoms with Crippen LogP contribution in [0.1, 0.15) is 18.1 Å². The number of rotatable bonds is 7. The summed E-state index contributed by atoms with van der Waals surface area (Å²) in [7, 11) is 1.58. The summed E-state index contributed by atoms with van der Waals surface area (Å²) in [4.78, 5) is 23.2. The molecule has 0 heterocycles. The van der Waals surface area contributed by atoms with Gasteiger partial charge in [-0.3, -0.25) is 10.1 Å². The van der Waals surface area contributed by atoms with Gasteiger partial charge in [-0.1, -0.05) is 0 Å². The van der Waals surface area contributed by atoms with Gasteiger partial charge in [0.05, 0.1) is 23.9 Å². The summed E-state index contributed by atoms with van der Waals surface area (Å²) in [5.74, 6) is 1.04. The minimum Gasteiger partial charge on any atom is -0.496 e. The van der Waals surface area contributed by atoms with Gasteiger partial charge in [0, 0.05) is 0 Å². The quantitative estimate of drug-likeness (QED) is 0.539. The first-order valence-corrected chi connectivity index (χ1v) is 9.99. The first-order chi connectivity index (χ1) is 14.8. The Morgan fingerprint density at radius 2 is 1.90 bits per heavy atom. The minimum atomic E-state index is -1.49. The van der Waals surface area contributed by atoms with Gasteiger partial charge in [0.25, 0.3) is 5.91 Å². The van der Waals surface area contributed by atoms with E-state index in [1.807, 2.05) is 19.2 Å². The summed E-state index contributed by atoms with van der Waals surface area (Å²) in [6.45, 7) is 5.37. The van der Waals surface area contributed by atoms with Crippen molar-refractivity contribution < 1.29 is 23.8 Å². The Balaban J connectivity index is 2.17. The van der Waals surface area contributed by atoms with E-state index in [2.05, 4.69) is 30.9 Å². The molecule has 1 unspecified atom stereocenters. The second-order valence-electron chi connectivity index (χ2n) is 6.26. The number of carbonyl (C=O) groups is 2. The minimum absolute atomic E-state index is 0.0955. The van der Waals surface area contributed by atoms with Crippen LogP contribution < -0.4 is 14.8 Å². The molecule has 2 amide bonds. The van der Waals surface area contributed by atoms with Gasteiger partial charge in [-0.2, -0.15) is 15.5 Å². The molecule has 0 aliphatic carbocycles. The summed E-state index contributed by atoms with van der Waals surface area (Å²) < 4.78 is 16.6. The fourth-order valence-corrected chi connectivity index (χ4v) is 3.09. The lowest BCUT2D eigenvalue weighted by atomic mass is 10.1. The highest BCUT2D eigenvalue weighted by atomic mass is 79.9. The Labute approximate surface area is 188 Å². The predicted octanol–water partition coefficient (Wildman–Crippen LogP) is 5.12.